The fourth-order valence-corrected chi connectivity index (χ4v) is 1.06. The quantitative estimate of drug-likeness (QED) is 0.580. The highest BCUT2D eigenvalue weighted by atomic mass is 16.2. The predicted molar refractivity (Wildman–Crippen MR) is 73.9 cm³/mol. The third-order valence-electron chi connectivity index (χ3n) is 2.91. The molecule has 0 saturated heterocycles. The summed E-state index contributed by atoms with van der Waals surface area (Å²) in [5.74, 6) is 5.77. The van der Waals surface area contributed by atoms with Crippen LogP contribution in [0.15, 0.2) is 12.2 Å². The number of carbonyl (C=O) groups is 2. The van der Waals surface area contributed by atoms with Crippen LogP contribution in [0.5, 0.6) is 0 Å². The van der Waals surface area contributed by atoms with Crippen LogP contribution in [0.2, 0.25) is 0 Å². The van der Waals surface area contributed by atoms with E-state index < -0.39 is 0 Å². The van der Waals surface area contributed by atoms with E-state index in [-0.39, 0.29) is 17.1 Å². The van der Waals surface area contributed by atoms with E-state index in [1.54, 1.807) is 6.92 Å². The van der Waals surface area contributed by atoms with Crippen molar-refractivity contribution in [3.63, 3.8) is 0 Å². The van der Waals surface area contributed by atoms with Gasteiger partial charge in [-0.1, -0.05) is 33.3 Å². The van der Waals surface area contributed by atoms with Crippen molar-refractivity contribution < 1.29 is 9.59 Å². The Morgan fingerprint density at radius 2 is 1.89 bits per heavy atom. The molecule has 3 nitrogen and oxygen atoms in total. The smallest absolute Gasteiger partial charge is 0.226 e. The van der Waals surface area contributed by atoms with Gasteiger partial charge < -0.3 is 5.32 Å². The molecule has 0 rings (SSSR count). The predicted octanol–water partition coefficient (Wildman–Crippen LogP) is 2.47. The molecule has 0 heterocycles. The van der Waals surface area contributed by atoms with Crippen molar-refractivity contribution >= 4 is 11.7 Å². The number of allylic oxidation sites excluding steroid dienone is 1. The maximum atomic E-state index is 11.7. The van der Waals surface area contributed by atoms with Gasteiger partial charge in [-0.2, -0.15) is 0 Å². The van der Waals surface area contributed by atoms with Crippen molar-refractivity contribution in [2.75, 3.05) is 6.54 Å². The Labute approximate surface area is 110 Å². The summed E-state index contributed by atoms with van der Waals surface area (Å²) in [5.41, 5.74) is 0.215. The van der Waals surface area contributed by atoms with Gasteiger partial charge in [0, 0.05) is 18.3 Å². The molecule has 0 saturated carbocycles. The van der Waals surface area contributed by atoms with Crippen molar-refractivity contribution in [3.8, 4) is 11.8 Å². The number of hydrogen-bond donors (Lipinski definition) is 1. The molecule has 100 valence electrons. The highest BCUT2D eigenvalue weighted by molar-refractivity contribution is 5.94. The fraction of sp³-hybridized carbons (Fsp3) is 0.600. The monoisotopic (exact) mass is 249 g/mol. The number of rotatable bonds is 6. The first kappa shape index (κ1) is 16.4. The van der Waals surface area contributed by atoms with Crippen LogP contribution in [0.1, 0.15) is 47.0 Å². The third kappa shape index (κ3) is 6.24. The molecular weight excluding hydrogens is 226 g/mol. The Balaban J connectivity index is 3.90. The molecule has 0 spiro atoms. The van der Waals surface area contributed by atoms with Crippen molar-refractivity contribution in [2.24, 2.45) is 5.41 Å². The molecule has 0 aromatic heterocycles. The van der Waals surface area contributed by atoms with E-state index in [4.69, 9.17) is 0 Å². The number of amides is 1. The number of carbonyl (C=O) groups excluding carboxylic acids is 2. The molecule has 0 fully saturated rings. The molecule has 1 N–H and O–H groups in total. The highest BCUT2D eigenvalue weighted by Crippen LogP contribution is 2.18. The topological polar surface area (TPSA) is 46.2 Å². The maximum Gasteiger partial charge on any atom is 0.226 e. The summed E-state index contributed by atoms with van der Waals surface area (Å²) < 4.78 is 0. The van der Waals surface area contributed by atoms with Crippen molar-refractivity contribution in [2.45, 2.75) is 47.0 Å². The highest BCUT2D eigenvalue weighted by Gasteiger charge is 2.24. The lowest BCUT2D eigenvalue weighted by atomic mass is 9.89. The lowest BCUT2D eigenvalue weighted by molar-refractivity contribution is -0.129. The lowest BCUT2D eigenvalue weighted by Crippen LogP contribution is -2.36. The molecular formula is C15H23NO2. The Morgan fingerprint density at radius 3 is 2.39 bits per heavy atom. The van der Waals surface area contributed by atoms with Crippen LogP contribution in [-0.4, -0.2) is 18.2 Å². The fourth-order valence-electron chi connectivity index (χ4n) is 1.06. The molecule has 0 bridgehead atoms. The molecule has 0 aliphatic heterocycles. The van der Waals surface area contributed by atoms with E-state index in [1.807, 2.05) is 20.8 Å². The molecule has 18 heavy (non-hydrogen) atoms. The van der Waals surface area contributed by atoms with Gasteiger partial charge in [0.05, 0.1) is 6.54 Å². The Kier molecular flexibility index (Phi) is 7.04. The largest absolute Gasteiger partial charge is 0.345 e. The number of hydrogen-bond acceptors (Lipinski definition) is 2. The first-order chi connectivity index (χ1) is 8.31. The lowest BCUT2D eigenvalue weighted by Gasteiger charge is -2.20. The van der Waals surface area contributed by atoms with Gasteiger partial charge in [-0.3, -0.25) is 9.59 Å². The zero-order chi connectivity index (χ0) is 14.2. The van der Waals surface area contributed by atoms with E-state index in [0.717, 1.165) is 6.42 Å². The number of ketones is 1. The van der Waals surface area contributed by atoms with Crippen molar-refractivity contribution in [1.82, 2.24) is 5.32 Å². The average Bonchev–Trinajstić information content (AvgIpc) is 2.32. The van der Waals surface area contributed by atoms with Gasteiger partial charge in [-0.05, 0) is 18.9 Å². The molecule has 3 heteroatoms. The van der Waals surface area contributed by atoms with E-state index in [9.17, 15) is 9.59 Å². The summed E-state index contributed by atoms with van der Waals surface area (Å²) in [6, 6.07) is 0. The van der Waals surface area contributed by atoms with Crippen molar-refractivity contribution in [1.29, 1.82) is 0 Å². The molecule has 0 aliphatic rings. The Morgan fingerprint density at radius 1 is 1.28 bits per heavy atom. The van der Waals surface area contributed by atoms with E-state index in [2.05, 4.69) is 23.7 Å². The van der Waals surface area contributed by atoms with Crippen LogP contribution in [0.3, 0.4) is 0 Å². The van der Waals surface area contributed by atoms with Crippen LogP contribution >= 0.6 is 0 Å². The normalized spacial score (nSPS) is 10.2. The summed E-state index contributed by atoms with van der Waals surface area (Å²) in [4.78, 5) is 22.9. The first-order valence-corrected chi connectivity index (χ1v) is 6.24. The summed E-state index contributed by atoms with van der Waals surface area (Å²) in [6.45, 7) is 11.4. The zero-order valence-electron chi connectivity index (χ0n) is 11.9. The van der Waals surface area contributed by atoms with Crippen molar-refractivity contribution in [3.05, 3.63) is 12.2 Å². The zero-order valence-corrected chi connectivity index (χ0v) is 11.9. The minimum atomic E-state index is -0.350. The van der Waals surface area contributed by atoms with Crippen LogP contribution in [-0.2, 0) is 9.59 Å². The molecule has 0 aliphatic carbocycles. The Hall–Kier alpha value is -1.56. The molecule has 1 amide bonds. The second-order valence-corrected chi connectivity index (χ2v) is 4.98. The van der Waals surface area contributed by atoms with Gasteiger partial charge in [-0.25, -0.2) is 0 Å². The van der Waals surface area contributed by atoms with E-state index in [1.165, 1.54) is 0 Å². The molecule has 0 atom stereocenters. The van der Waals surface area contributed by atoms with Gasteiger partial charge in [0.15, 0.2) is 5.78 Å². The first-order valence-electron chi connectivity index (χ1n) is 6.24. The Bertz CT molecular complexity index is 383. The molecule has 0 radical (unpaired) electrons. The van der Waals surface area contributed by atoms with Crippen LogP contribution in [0.4, 0.5) is 0 Å². The standard InChI is InChI=1S/C15H23NO2/c1-6-15(4,5)14(18)16-11-9-7-8-10-13(17)12(2)3/h2,6,8,10-11H2,1,3-5H3,(H,16,18). The summed E-state index contributed by atoms with van der Waals surface area (Å²) in [5, 5.41) is 2.77. The maximum absolute atomic E-state index is 11.7. The minimum Gasteiger partial charge on any atom is -0.345 e. The van der Waals surface area contributed by atoms with Crippen LogP contribution < -0.4 is 5.32 Å². The molecule has 0 aromatic rings. The van der Waals surface area contributed by atoms with Gasteiger partial charge in [-0.15, -0.1) is 5.92 Å². The second-order valence-electron chi connectivity index (χ2n) is 4.98. The number of nitrogens with one attached hydrogen (secondary N) is 1. The third-order valence-corrected chi connectivity index (χ3v) is 2.91. The average molecular weight is 249 g/mol. The van der Waals surface area contributed by atoms with E-state index >= 15 is 0 Å². The second kappa shape index (κ2) is 7.71. The molecule has 0 unspecified atom stereocenters. The van der Waals surface area contributed by atoms with Crippen LogP contribution in [0.25, 0.3) is 0 Å². The van der Waals surface area contributed by atoms with Gasteiger partial charge in [0.2, 0.25) is 5.91 Å². The van der Waals surface area contributed by atoms with Gasteiger partial charge >= 0.3 is 0 Å². The van der Waals surface area contributed by atoms with Gasteiger partial charge in [0.1, 0.15) is 0 Å². The summed E-state index contributed by atoms with van der Waals surface area (Å²) in [6.07, 6.45) is 1.70. The van der Waals surface area contributed by atoms with Crippen LogP contribution in [0, 0.1) is 17.3 Å². The summed E-state index contributed by atoms with van der Waals surface area (Å²) >= 11 is 0. The summed E-state index contributed by atoms with van der Waals surface area (Å²) in [7, 11) is 0. The minimum absolute atomic E-state index is 0.0114. The molecule has 0 aromatic carbocycles. The SMILES string of the molecule is C=C(C)C(=O)CCC#CCNC(=O)C(C)(C)CC. The van der Waals surface area contributed by atoms with E-state index in [0.29, 0.717) is 25.0 Å². The number of Topliss-reactive ketones (excluding diaryl/α,β-unsaturated/α-hetero) is 1. The van der Waals surface area contributed by atoms with Gasteiger partial charge in [0.25, 0.3) is 0 Å².